The lowest BCUT2D eigenvalue weighted by molar-refractivity contribution is -0.104. The summed E-state index contributed by atoms with van der Waals surface area (Å²) in [5, 5.41) is 0. The first-order valence-electron chi connectivity index (χ1n) is 5.68. The van der Waals surface area contributed by atoms with E-state index < -0.39 is 0 Å². The highest BCUT2D eigenvalue weighted by Crippen LogP contribution is 2.03. The molecule has 0 heterocycles. The molecule has 0 atom stereocenters. The Morgan fingerprint density at radius 2 is 2.11 bits per heavy atom. The number of carbonyl (C=O) groups is 1. The molecular weight excluding hydrogens is 226 g/mol. The molecule has 0 saturated carbocycles. The summed E-state index contributed by atoms with van der Waals surface area (Å²) in [5.74, 6) is 0.986. The Morgan fingerprint density at radius 1 is 1.39 bits per heavy atom. The van der Waals surface area contributed by atoms with Gasteiger partial charge in [0.2, 0.25) is 0 Å². The minimum Gasteiger partial charge on any atom is -0.444 e. The van der Waals surface area contributed by atoms with Gasteiger partial charge in [-0.3, -0.25) is 4.79 Å². The van der Waals surface area contributed by atoms with Gasteiger partial charge in [0.15, 0.2) is 5.90 Å². The molecular formula is C15H19NO2. The first kappa shape index (κ1) is 15.8. The highest BCUT2D eigenvalue weighted by Gasteiger charge is 1.97. The third-order valence-corrected chi connectivity index (χ3v) is 1.92. The first-order chi connectivity index (χ1) is 8.67. The van der Waals surface area contributed by atoms with Crippen LogP contribution in [0.25, 0.3) is 0 Å². The fraction of sp³-hybridized carbons (Fsp3) is 0.200. The number of aliphatic imine (C=N–C) groups is 1. The molecule has 3 nitrogen and oxygen atoms in total. The molecule has 0 aliphatic rings. The molecule has 0 spiro atoms. The van der Waals surface area contributed by atoms with Crippen molar-refractivity contribution < 1.29 is 9.53 Å². The molecule has 0 unspecified atom stereocenters. The minimum absolute atomic E-state index is 0.434. The fourth-order valence-corrected chi connectivity index (χ4v) is 0.955. The van der Waals surface area contributed by atoms with Crippen LogP contribution in [0.2, 0.25) is 0 Å². The standard InChI is InChI=1S/C15H19NO2/c1-5-8-11-16-15(7-3)18-13(4)9-10-14(6-2)12-17/h5-6,8-12H,1,4,7H2,2-3H3/b10-9-,11-8-,14-6+,16-15+. The molecule has 0 fully saturated rings. The van der Waals surface area contributed by atoms with E-state index in [1.54, 1.807) is 43.5 Å². The van der Waals surface area contributed by atoms with Crippen LogP contribution in [0, 0.1) is 0 Å². The summed E-state index contributed by atoms with van der Waals surface area (Å²) < 4.78 is 5.43. The number of hydrogen-bond acceptors (Lipinski definition) is 3. The molecule has 0 aliphatic carbocycles. The van der Waals surface area contributed by atoms with Gasteiger partial charge in [0.1, 0.15) is 12.0 Å². The highest BCUT2D eigenvalue weighted by molar-refractivity contribution is 5.79. The fourth-order valence-electron chi connectivity index (χ4n) is 0.955. The smallest absolute Gasteiger partial charge is 0.194 e. The summed E-state index contributed by atoms with van der Waals surface area (Å²) in [5.41, 5.74) is 0.571. The summed E-state index contributed by atoms with van der Waals surface area (Å²) in [4.78, 5) is 14.7. The Balaban J connectivity index is 4.54. The third kappa shape index (κ3) is 7.17. The van der Waals surface area contributed by atoms with Crippen LogP contribution in [-0.4, -0.2) is 12.2 Å². The number of aldehydes is 1. The van der Waals surface area contributed by atoms with Crippen molar-refractivity contribution in [3.63, 3.8) is 0 Å². The van der Waals surface area contributed by atoms with E-state index in [9.17, 15) is 4.79 Å². The summed E-state index contributed by atoms with van der Waals surface area (Å²) in [7, 11) is 0. The second-order valence-electron chi connectivity index (χ2n) is 3.26. The lowest BCUT2D eigenvalue weighted by Gasteiger charge is -2.05. The monoisotopic (exact) mass is 245 g/mol. The van der Waals surface area contributed by atoms with Crippen molar-refractivity contribution in [3.05, 3.63) is 61.1 Å². The number of allylic oxidation sites excluding steroid dienone is 6. The van der Waals surface area contributed by atoms with Crippen LogP contribution in [0.3, 0.4) is 0 Å². The van der Waals surface area contributed by atoms with E-state index in [0.29, 0.717) is 23.7 Å². The summed E-state index contributed by atoms with van der Waals surface area (Å²) in [6.07, 6.45) is 11.3. The van der Waals surface area contributed by atoms with Gasteiger partial charge in [-0.1, -0.05) is 32.2 Å². The molecule has 3 heteroatoms. The van der Waals surface area contributed by atoms with Crippen molar-refractivity contribution >= 4 is 12.2 Å². The van der Waals surface area contributed by atoms with Crippen LogP contribution in [0.4, 0.5) is 0 Å². The number of rotatable bonds is 7. The van der Waals surface area contributed by atoms with Gasteiger partial charge in [-0.2, -0.15) is 0 Å². The first-order valence-corrected chi connectivity index (χ1v) is 5.68. The van der Waals surface area contributed by atoms with E-state index in [0.717, 1.165) is 6.29 Å². The van der Waals surface area contributed by atoms with Gasteiger partial charge in [0.25, 0.3) is 0 Å². The van der Waals surface area contributed by atoms with Crippen LogP contribution in [-0.2, 0) is 9.53 Å². The molecule has 0 bridgehead atoms. The quantitative estimate of drug-likeness (QED) is 0.171. The number of hydrogen-bond donors (Lipinski definition) is 0. The van der Waals surface area contributed by atoms with Crippen molar-refractivity contribution in [1.29, 1.82) is 0 Å². The molecule has 0 aromatic carbocycles. The van der Waals surface area contributed by atoms with Crippen LogP contribution in [0.5, 0.6) is 0 Å². The maximum absolute atomic E-state index is 10.6. The zero-order chi connectivity index (χ0) is 13.8. The zero-order valence-electron chi connectivity index (χ0n) is 10.9. The molecule has 0 rings (SSSR count). The molecule has 0 aromatic heterocycles. The van der Waals surface area contributed by atoms with Gasteiger partial charge in [-0.05, 0) is 25.2 Å². The number of ether oxygens (including phenoxy) is 1. The van der Waals surface area contributed by atoms with E-state index in [4.69, 9.17) is 4.74 Å². The number of carbonyl (C=O) groups excluding carboxylic acids is 1. The van der Waals surface area contributed by atoms with Gasteiger partial charge in [0, 0.05) is 18.2 Å². The lowest BCUT2D eigenvalue weighted by Crippen LogP contribution is -2.00. The average molecular weight is 245 g/mol. The van der Waals surface area contributed by atoms with Crippen molar-refractivity contribution in [2.24, 2.45) is 4.99 Å². The normalized spacial score (nSPS) is 13.0. The molecule has 0 aliphatic heterocycles. The van der Waals surface area contributed by atoms with Crippen molar-refractivity contribution in [2.45, 2.75) is 20.3 Å². The van der Waals surface area contributed by atoms with Crippen LogP contribution in [0.1, 0.15) is 20.3 Å². The van der Waals surface area contributed by atoms with Crippen LogP contribution in [0.15, 0.2) is 66.1 Å². The maximum Gasteiger partial charge on any atom is 0.194 e. The van der Waals surface area contributed by atoms with E-state index >= 15 is 0 Å². The van der Waals surface area contributed by atoms with Gasteiger partial charge >= 0.3 is 0 Å². The van der Waals surface area contributed by atoms with E-state index in [2.05, 4.69) is 18.2 Å². The minimum atomic E-state index is 0.434. The summed E-state index contributed by atoms with van der Waals surface area (Å²) in [6.45, 7) is 11.0. The Hall–Kier alpha value is -2.16. The lowest BCUT2D eigenvalue weighted by atomic mass is 10.2. The predicted molar refractivity (Wildman–Crippen MR) is 76.2 cm³/mol. The number of nitrogens with zero attached hydrogens (tertiary/aromatic N) is 1. The Bertz CT molecular complexity index is 412. The second kappa shape index (κ2) is 10.0. The van der Waals surface area contributed by atoms with Crippen molar-refractivity contribution in [2.75, 3.05) is 0 Å². The average Bonchev–Trinajstić information content (AvgIpc) is 2.39. The topological polar surface area (TPSA) is 38.7 Å². The largest absolute Gasteiger partial charge is 0.444 e. The summed E-state index contributed by atoms with van der Waals surface area (Å²) in [6, 6.07) is 0. The zero-order valence-corrected chi connectivity index (χ0v) is 10.9. The molecule has 0 amide bonds. The van der Waals surface area contributed by atoms with Gasteiger partial charge in [-0.25, -0.2) is 4.99 Å². The van der Waals surface area contributed by atoms with Crippen molar-refractivity contribution in [1.82, 2.24) is 0 Å². The third-order valence-electron chi connectivity index (χ3n) is 1.92. The molecule has 0 aromatic rings. The van der Waals surface area contributed by atoms with Crippen LogP contribution < -0.4 is 0 Å². The van der Waals surface area contributed by atoms with Crippen molar-refractivity contribution in [3.8, 4) is 0 Å². The second-order valence-corrected chi connectivity index (χ2v) is 3.26. The maximum atomic E-state index is 10.6. The van der Waals surface area contributed by atoms with Gasteiger partial charge < -0.3 is 4.74 Å². The van der Waals surface area contributed by atoms with E-state index in [1.165, 1.54) is 0 Å². The Labute approximate surface area is 109 Å². The molecule has 96 valence electrons. The highest BCUT2D eigenvalue weighted by atomic mass is 16.5. The van der Waals surface area contributed by atoms with Gasteiger partial charge in [0.05, 0.1) is 0 Å². The predicted octanol–water partition coefficient (Wildman–Crippen LogP) is 3.73. The Kier molecular flexibility index (Phi) is 8.82. The molecule has 18 heavy (non-hydrogen) atoms. The molecule has 0 saturated heterocycles. The molecule has 0 radical (unpaired) electrons. The van der Waals surface area contributed by atoms with E-state index in [1.807, 2.05) is 6.92 Å². The van der Waals surface area contributed by atoms with E-state index in [-0.39, 0.29) is 0 Å². The summed E-state index contributed by atoms with van der Waals surface area (Å²) >= 11 is 0. The Morgan fingerprint density at radius 3 is 2.61 bits per heavy atom. The van der Waals surface area contributed by atoms with Crippen LogP contribution >= 0.6 is 0 Å². The SMILES string of the molecule is C=C/C=C\N=C(/CC)OC(=C)/C=C\C(C=O)=C/C. The molecule has 0 N–H and O–H groups in total. The van der Waals surface area contributed by atoms with Gasteiger partial charge in [-0.15, -0.1) is 0 Å².